The molecule has 0 bridgehead atoms. The van der Waals surface area contributed by atoms with Crippen LogP contribution in [0.2, 0.25) is 0 Å². The highest BCUT2D eigenvalue weighted by molar-refractivity contribution is 5.78. The van der Waals surface area contributed by atoms with Crippen LogP contribution in [0, 0.1) is 5.92 Å². The van der Waals surface area contributed by atoms with Gasteiger partial charge in [0, 0.05) is 13.0 Å². The highest BCUT2D eigenvalue weighted by Gasteiger charge is 2.30. The van der Waals surface area contributed by atoms with E-state index in [2.05, 4.69) is 5.32 Å². The Morgan fingerprint density at radius 3 is 2.18 bits per heavy atom. The summed E-state index contributed by atoms with van der Waals surface area (Å²) in [7, 11) is 0. The zero-order valence-electron chi connectivity index (χ0n) is 12.3. The third kappa shape index (κ3) is 5.38. The second kappa shape index (κ2) is 7.29. The Balaban J connectivity index is 2.56. The van der Waals surface area contributed by atoms with E-state index in [-0.39, 0.29) is 24.8 Å². The molecule has 0 saturated heterocycles. The minimum Gasteiger partial charge on any atom is -0.481 e. The highest BCUT2D eigenvalue weighted by atomic mass is 19.4. The predicted molar refractivity (Wildman–Crippen MR) is 74.3 cm³/mol. The Morgan fingerprint density at radius 2 is 1.73 bits per heavy atom. The van der Waals surface area contributed by atoms with E-state index in [0.29, 0.717) is 5.56 Å². The van der Waals surface area contributed by atoms with Gasteiger partial charge in [-0.15, -0.1) is 0 Å². The first-order valence-corrected chi connectivity index (χ1v) is 6.78. The van der Waals surface area contributed by atoms with Gasteiger partial charge in [0.25, 0.3) is 0 Å². The molecule has 0 aliphatic carbocycles. The van der Waals surface area contributed by atoms with Crippen LogP contribution in [0.4, 0.5) is 13.2 Å². The first-order chi connectivity index (χ1) is 10.1. The van der Waals surface area contributed by atoms with Gasteiger partial charge in [0.15, 0.2) is 0 Å². The number of carboxylic acid groups (broad SMARTS) is 1. The van der Waals surface area contributed by atoms with E-state index < -0.39 is 23.6 Å². The number of amides is 1. The fraction of sp³-hybridized carbons (Fsp3) is 0.467. The topological polar surface area (TPSA) is 66.4 Å². The molecule has 0 aromatic heterocycles. The molecule has 0 spiro atoms. The van der Waals surface area contributed by atoms with Crippen LogP contribution in [0.25, 0.3) is 0 Å². The molecule has 0 saturated carbocycles. The van der Waals surface area contributed by atoms with Crippen molar-refractivity contribution in [3.63, 3.8) is 0 Å². The standard InChI is InChI=1S/C15H18F3NO3/c1-9(7-13(20)19-8-10(2)14(21)22)11-3-5-12(6-4-11)15(16,17)18/h3-6,9-10H,7-8H2,1-2H3,(H,19,20)(H,21,22). The van der Waals surface area contributed by atoms with Crippen LogP contribution < -0.4 is 5.32 Å². The monoisotopic (exact) mass is 317 g/mol. The Bertz CT molecular complexity index is 526. The Labute approximate surface area is 126 Å². The van der Waals surface area contributed by atoms with Gasteiger partial charge in [0.2, 0.25) is 5.91 Å². The van der Waals surface area contributed by atoms with E-state index in [1.165, 1.54) is 19.1 Å². The molecule has 2 N–H and O–H groups in total. The summed E-state index contributed by atoms with van der Waals surface area (Å²) in [6, 6.07) is 4.66. The molecule has 1 rings (SSSR count). The van der Waals surface area contributed by atoms with E-state index in [0.717, 1.165) is 12.1 Å². The number of halogens is 3. The molecule has 1 aromatic rings. The molecule has 0 radical (unpaired) electrons. The first kappa shape index (κ1) is 18.0. The molecule has 0 aliphatic heterocycles. The smallest absolute Gasteiger partial charge is 0.416 e. The summed E-state index contributed by atoms with van der Waals surface area (Å²) < 4.78 is 37.4. The van der Waals surface area contributed by atoms with Crippen LogP contribution in [-0.2, 0) is 15.8 Å². The fourth-order valence-corrected chi connectivity index (χ4v) is 1.82. The van der Waals surface area contributed by atoms with Crippen molar-refractivity contribution >= 4 is 11.9 Å². The van der Waals surface area contributed by atoms with Crippen molar-refractivity contribution < 1.29 is 27.9 Å². The summed E-state index contributed by atoms with van der Waals surface area (Å²) in [6.45, 7) is 3.22. The minimum atomic E-state index is -4.38. The molecule has 1 aromatic carbocycles. The van der Waals surface area contributed by atoms with Gasteiger partial charge in [-0.05, 0) is 23.6 Å². The van der Waals surface area contributed by atoms with Gasteiger partial charge >= 0.3 is 12.1 Å². The van der Waals surface area contributed by atoms with Crippen LogP contribution in [0.15, 0.2) is 24.3 Å². The number of hydrogen-bond acceptors (Lipinski definition) is 2. The van der Waals surface area contributed by atoms with Crippen molar-refractivity contribution in [1.29, 1.82) is 0 Å². The number of carbonyl (C=O) groups is 2. The van der Waals surface area contributed by atoms with Crippen molar-refractivity contribution in [3.05, 3.63) is 35.4 Å². The predicted octanol–water partition coefficient (Wildman–Crippen LogP) is 3.04. The van der Waals surface area contributed by atoms with E-state index >= 15 is 0 Å². The van der Waals surface area contributed by atoms with Crippen LogP contribution in [0.1, 0.15) is 37.3 Å². The number of rotatable bonds is 6. The maximum absolute atomic E-state index is 12.5. The molecule has 1 amide bonds. The molecule has 0 fully saturated rings. The van der Waals surface area contributed by atoms with Crippen molar-refractivity contribution in [2.45, 2.75) is 32.4 Å². The molecule has 2 atom stereocenters. The number of alkyl halides is 3. The van der Waals surface area contributed by atoms with E-state index in [1.54, 1.807) is 6.92 Å². The summed E-state index contributed by atoms with van der Waals surface area (Å²) in [5.74, 6) is -2.29. The lowest BCUT2D eigenvalue weighted by molar-refractivity contribution is -0.141. The van der Waals surface area contributed by atoms with Crippen LogP contribution in [0.5, 0.6) is 0 Å². The van der Waals surface area contributed by atoms with Gasteiger partial charge in [0.05, 0.1) is 11.5 Å². The summed E-state index contributed by atoms with van der Waals surface area (Å²) >= 11 is 0. The van der Waals surface area contributed by atoms with E-state index in [9.17, 15) is 22.8 Å². The van der Waals surface area contributed by atoms with Gasteiger partial charge in [-0.1, -0.05) is 26.0 Å². The molecule has 0 heterocycles. The molecule has 0 aliphatic rings. The lowest BCUT2D eigenvalue weighted by Crippen LogP contribution is -2.32. The number of carboxylic acids is 1. The van der Waals surface area contributed by atoms with Gasteiger partial charge in [-0.3, -0.25) is 9.59 Å². The average Bonchev–Trinajstić information content (AvgIpc) is 2.43. The van der Waals surface area contributed by atoms with Crippen LogP contribution in [-0.4, -0.2) is 23.5 Å². The van der Waals surface area contributed by atoms with Crippen molar-refractivity contribution in [1.82, 2.24) is 5.32 Å². The third-order valence-corrected chi connectivity index (χ3v) is 3.33. The molecule has 7 heteroatoms. The SMILES string of the molecule is CC(CNC(=O)CC(C)c1ccc(C(F)(F)F)cc1)C(=O)O. The Morgan fingerprint density at radius 1 is 1.18 bits per heavy atom. The number of benzene rings is 1. The number of carbonyl (C=O) groups excluding carboxylic acids is 1. The molecule has 2 unspecified atom stereocenters. The Hall–Kier alpha value is -2.05. The summed E-state index contributed by atoms with van der Waals surface area (Å²) in [4.78, 5) is 22.3. The molecule has 122 valence electrons. The van der Waals surface area contributed by atoms with Crippen molar-refractivity contribution in [2.24, 2.45) is 5.92 Å². The summed E-state index contributed by atoms with van der Waals surface area (Å²) in [6.07, 6.45) is -4.30. The van der Waals surface area contributed by atoms with Gasteiger partial charge in [0.1, 0.15) is 0 Å². The largest absolute Gasteiger partial charge is 0.481 e. The highest BCUT2D eigenvalue weighted by Crippen LogP contribution is 2.30. The van der Waals surface area contributed by atoms with Crippen LogP contribution in [0.3, 0.4) is 0 Å². The maximum Gasteiger partial charge on any atom is 0.416 e. The minimum absolute atomic E-state index is 0.0217. The number of hydrogen-bond donors (Lipinski definition) is 2. The normalized spacial score (nSPS) is 14.2. The molecule has 22 heavy (non-hydrogen) atoms. The third-order valence-electron chi connectivity index (χ3n) is 3.33. The van der Waals surface area contributed by atoms with Gasteiger partial charge in [-0.2, -0.15) is 13.2 Å². The maximum atomic E-state index is 12.5. The van der Waals surface area contributed by atoms with E-state index in [1.807, 2.05) is 0 Å². The van der Waals surface area contributed by atoms with E-state index in [4.69, 9.17) is 5.11 Å². The van der Waals surface area contributed by atoms with Crippen molar-refractivity contribution in [2.75, 3.05) is 6.54 Å². The Kier molecular flexibility index (Phi) is 5.96. The first-order valence-electron chi connectivity index (χ1n) is 6.78. The van der Waals surface area contributed by atoms with Gasteiger partial charge in [-0.25, -0.2) is 0 Å². The fourth-order valence-electron chi connectivity index (χ4n) is 1.82. The molecular weight excluding hydrogens is 299 g/mol. The van der Waals surface area contributed by atoms with Crippen molar-refractivity contribution in [3.8, 4) is 0 Å². The second-order valence-corrected chi connectivity index (χ2v) is 5.27. The zero-order chi connectivity index (χ0) is 16.9. The average molecular weight is 317 g/mol. The number of aliphatic carboxylic acids is 1. The number of nitrogens with one attached hydrogen (secondary N) is 1. The lowest BCUT2D eigenvalue weighted by Gasteiger charge is -2.14. The zero-order valence-corrected chi connectivity index (χ0v) is 12.3. The van der Waals surface area contributed by atoms with Gasteiger partial charge < -0.3 is 10.4 Å². The summed E-state index contributed by atoms with van der Waals surface area (Å²) in [5.41, 5.74) is -0.113. The van der Waals surface area contributed by atoms with Crippen LogP contribution >= 0.6 is 0 Å². The lowest BCUT2D eigenvalue weighted by atomic mass is 9.96. The second-order valence-electron chi connectivity index (χ2n) is 5.27. The summed E-state index contributed by atoms with van der Waals surface area (Å²) in [5, 5.41) is 11.2. The quantitative estimate of drug-likeness (QED) is 0.847. The molecule has 4 nitrogen and oxygen atoms in total. The molecular formula is C15H18F3NO3.